The number of hydrogen-bond acceptors (Lipinski definition) is 3. The first-order valence-corrected chi connectivity index (χ1v) is 6.98. The molecule has 2 aromatic carbocycles. The SMILES string of the molecule is O=C(/C=C/c1ccc(F)c(F)c1)c1nc2ccccc2s1. The predicted molar refractivity (Wildman–Crippen MR) is 79.3 cm³/mol. The third-order valence-electron chi connectivity index (χ3n) is 2.88. The molecule has 0 atom stereocenters. The molecule has 2 nitrogen and oxygen atoms in total. The van der Waals surface area contributed by atoms with Gasteiger partial charge in [-0.2, -0.15) is 0 Å². The van der Waals surface area contributed by atoms with Crippen LogP contribution in [-0.2, 0) is 0 Å². The fourth-order valence-corrected chi connectivity index (χ4v) is 2.72. The summed E-state index contributed by atoms with van der Waals surface area (Å²) in [5.41, 5.74) is 1.19. The van der Waals surface area contributed by atoms with Gasteiger partial charge in [0.15, 0.2) is 16.6 Å². The molecule has 0 aliphatic heterocycles. The van der Waals surface area contributed by atoms with Crippen LogP contribution in [0.2, 0.25) is 0 Å². The Kier molecular flexibility index (Phi) is 3.58. The van der Waals surface area contributed by atoms with Gasteiger partial charge in [-0.15, -0.1) is 11.3 Å². The van der Waals surface area contributed by atoms with Gasteiger partial charge in [0.05, 0.1) is 10.2 Å². The quantitative estimate of drug-likeness (QED) is 0.527. The van der Waals surface area contributed by atoms with E-state index in [1.165, 1.54) is 29.6 Å². The fraction of sp³-hybridized carbons (Fsp3) is 0. The van der Waals surface area contributed by atoms with Gasteiger partial charge < -0.3 is 0 Å². The summed E-state index contributed by atoms with van der Waals surface area (Å²) in [6, 6.07) is 10.9. The van der Waals surface area contributed by atoms with E-state index in [-0.39, 0.29) is 5.78 Å². The zero-order chi connectivity index (χ0) is 14.8. The average molecular weight is 301 g/mol. The minimum Gasteiger partial charge on any atom is -0.287 e. The molecule has 0 aliphatic rings. The van der Waals surface area contributed by atoms with E-state index >= 15 is 0 Å². The summed E-state index contributed by atoms with van der Waals surface area (Å²) in [4.78, 5) is 16.3. The van der Waals surface area contributed by atoms with E-state index in [2.05, 4.69) is 4.98 Å². The minimum atomic E-state index is -0.940. The van der Waals surface area contributed by atoms with Crippen LogP contribution >= 0.6 is 11.3 Å². The molecule has 1 heterocycles. The molecular formula is C16H9F2NOS. The number of halogens is 2. The molecule has 5 heteroatoms. The Morgan fingerprint density at radius 1 is 1.10 bits per heavy atom. The molecule has 0 saturated heterocycles. The van der Waals surface area contributed by atoms with Crippen LogP contribution in [0.4, 0.5) is 8.78 Å². The van der Waals surface area contributed by atoms with Crippen molar-refractivity contribution in [3.63, 3.8) is 0 Å². The first kappa shape index (κ1) is 13.6. The van der Waals surface area contributed by atoms with Crippen molar-refractivity contribution >= 4 is 33.4 Å². The highest BCUT2D eigenvalue weighted by Gasteiger charge is 2.09. The standard InChI is InChI=1S/C16H9F2NOS/c17-11-7-5-10(9-12(11)18)6-8-14(20)16-19-13-3-1-2-4-15(13)21-16/h1-9H/b8-6+. The zero-order valence-electron chi connectivity index (χ0n) is 10.7. The molecule has 0 radical (unpaired) electrons. The van der Waals surface area contributed by atoms with Crippen LogP contribution in [0.15, 0.2) is 48.5 Å². The van der Waals surface area contributed by atoms with Gasteiger partial charge in [0, 0.05) is 0 Å². The van der Waals surface area contributed by atoms with Crippen LogP contribution in [-0.4, -0.2) is 10.8 Å². The Bertz CT molecular complexity index is 821. The summed E-state index contributed by atoms with van der Waals surface area (Å²) in [5, 5.41) is 0.370. The first-order valence-electron chi connectivity index (χ1n) is 6.16. The van der Waals surface area contributed by atoms with E-state index in [0.717, 1.165) is 22.3 Å². The van der Waals surface area contributed by atoms with E-state index in [0.29, 0.717) is 10.6 Å². The summed E-state index contributed by atoms with van der Waals surface area (Å²) in [6.07, 6.45) is 2.75. The number of hydrogen-bond donors (Lipinski definition) is 0. The number of fused-ring (bicyclic) bond motifs is 1. The lowest BCUT2D eigenvalue weighted by Crippen LogP contribution is -1.92. The highest BCUT2D eigenvalue weighted by molar-refractivity contribution is 7.20. The maximum atomic E-state index is 13.1. The van der Waals surface area contributed by atoms with Gasteiger partial charge >= 0.3 is 0 Å². The topological polar surface area (TPSA) is 30.0 Å². The number of rotatable bonds is 3. The Morgan fingerprint density at radius 3 is 2.67 bits per heavy atom. The highest BCUT2D eigenvalue weighted by atomic mass is 32.1. The van der Waals surface area contributed by atoms with Crippen molar-refractivity contribution < 1.29 is 13.6 Å². The van der Waals surface area contributed by atoms with E-state index < -0.39 is 11.6 Å². The second kappa shape index (κ2) is 5.54. The van der Waals surface area contributed by atoms with Crippen molar-refractivity contribution in [2.24, 2.45) is 0 Å². The van der Waals surface area contributed by atoms with Crippen molar-refractivity contribution in [3.8, 4) is 0 Å². The number of nitrogens with zero attached hydrogens (tertiary/aromatic N) is 1. The van der Waals surface area contributed by atoms with Gasteiger partial charge in [0.25, 0.3) is 0 Å². The van der Waals surface area contributed by atoms with Crippen LogP contribution in [0, 0.1) is 11.6 Å². The second-order valence-electron chi connectivity index (χ2n) is 4.36. The fourth-order valence-electron chi connectivity index (χ4n) is 1.84. The van der Waals surface area contributed by atoms with Crippen LogP contribution in [0.1, 0.15) is 15.4 Å². The summed E-state index contributed by atoms with van der Waals surface area (Å²) in [5.74, 6) is -2.12. The van der Waals surface area contributed by atoms with Crippen molar-refractivity contribution in [1.29, 1.82) is 0 Å². The Hall–Kier alpha value is -2.40. The normalized spacial score (nSPS) is 11.3. The van der Waals surface area contributed by atoms with E-state index in [4.69, 9.17) is 0 Å². The Balaban J connectivity index is 1.84. The molecule has 1 aromatic heterocycles. The molecular weight excluding hydrogens is 292 g/mol. The van der Waals surface area contributed by atoms with E-state index in [9.17, 15) is 13.6 Å². The number of ketones is 1. The Morgan fingerprint density at radius 2 is 1.90 bits per heavy atom. The van der Waals surface area contributed by atoms with Gasteiger partial charge in [-0.3, -0.25) is 4.79 Å². The minimum absolute atomic E-state index is 0.263. The second-order valence-corrected chi connectivity index (χ2v) is 5.39. The lowest BCUT2D eigenvalue weighted by atomic mass is 10.2. The molecule has 0 fully saturated rings. The number of carbonyl (C=O) groups excluding carboxylic acids is 1. The maximum Gasteiger partial charge on any atom is 0.214 e. The summed E-state index contributed by atoms with van der Waals surface area (Å²) < 4.78 is 26.8. The van der Waals surface area contributed by atoms with Gasteiger partial charge in [0.2, 0.25) is 5.78 Å². The van der Waals surface area contributed by atoms with Gasteiger partial charge in [0.1, 0.15) is 0 Å². The van der Waals surface area contributed by atoms with E-state index in [1.54, 1.807) is 0 Å². The van der Waals surface area contributed by atoms with Gasteiger partial charge in [-0.25, -0.2) is 13.8 Å². The third kappa shape index (κ3) is 2.87. The van der Waals surface area contributed by atoms with Crippen molar-refractivity contribution in [2.45, 2.75) is 0 Å². The van der Waals surface area contributed by atoms with Crippen molar-refractivity contribution in [3.05, 3.63) is 70.7 Å². The third-order valence-corrected chi connectivity index (χ3v) is 3.93. The van der Waals surface area contributed by atoms with Crippen LogP contribution < -0.4 is 0 Å². The van der Waals surface area contributed by atoms with Gasteiger partial charge in [-0.05, 0) is 35.9 Å². The summed E-state index contributed by atoms with van der Waals surface area (Å²) >= 11 is 1.30. The van der Waals surface area contributed by atoms with Crippen LogP contribution in [0.25, 0.3) is 16.3 Å². The number of para-hydroxylation sites is 1. The van der Waals surface area contributed by atoms with Gasteiger partial charge in [-0.1, -0.05) is 24.3 Å². The summed E-state index contributed by atoms with van der Waals surface area (Å²) in [6.45, 7) is 0. The number of carbonyl (C=O) groups is 1. The van der Waals surface area contributed by atoms with E-state index in [1.807, 2.05) is 24.3 Å². The highest BCUT2D eigenvalue weighted by Crippen LogP contribution is 2.22. The molecule has 3 rings (SSSR count). The molecule has 3 aromatic rings. The lowest BCUT2D eigenvalue weighted by molar-refractivity contribution is 0.104. The predicted octanol–water partition coefficient (Wildman–Crippen LogP) is 4.47. The molecule has 0 spiro atoms. The van der Waals surface area contributed by atoms with Crippen LogP contribution in [0.3, 0.4) is 0 Å². The lowest BCUT2D eigenvalue weighted by Gasteiger charge is -1.95. The number of allylic oxidation sites excluding steroid dienone is 1. The molecule has 0 saturated carbocycles. The molecule has 0 N–H and O–H groups in total. The molecule has 104 valence electrons. The first-order chi connectivity index (χ1) is 10.1. The molecule has 0 aliphatic carbocycles. The monoisotopic (exact) mass is 301 g/mol. The largest absolute Gasteiger partial charge is 0.287 e. The van der Waals surface area contributed by atoms with Crippen molar-refractivity contribution in [1.82, 2.24) is 4.98 Å². The number of benzene rings is 2. The smallest absolute Gasteiger partial charge is 0.214 e. The molecule has 0 amide bonds. The Labute approximate surface area is 123 Å². The summed E-state index contributed by atoms with van der Waals surface area (Å²) in [7, 11) is 0. The maximum absolute atomic E-state index is 13.1. The number of aromatic nitrogens is 1. The van der Waals surface area contributed by atoms with Crippen LogP contribution in [0.5, 0.6) is 0 Å². The zero-order valence-corrected chi connectivity index (χ0v) is 11.5. The molecule has 0 unspecified atom stereocenters. The molecule has 21 heavy (non-hydrogen) atoms. The average Bonchev–Trinajstić information content (AvgIpc) is 2.92. The van der Waals surface area contributed by atoms with Crippen molar-refractivity contribution in [2.75, 3.05) is 0 Å². The molecule has 0 bridgehead atoms. The number of thiazole rings is 1.